The highest BCUT2D eigenvalue weighted by Crippen LogP contribution is 2.26. The van der Waals surface area contributed by atoms with E-state index in [9.17, 15) is 9.59 Å². The molecule has 0 fully saturated rings. The number of anilines is 2. The van der Waals surface area contributed by atoms with E-state index in [1.165, 1.54) is 6.07 Å². The lowest BCUT2D eigenvalue weighted by Gasteiger charge is -2.12. The van der Waals surface area contributed by atoms with Crippen molar-refractivity contribution in [3.8, 4) is 0 Å². The van der Waals surface area contributed by atoms with Gasteiger partial charge in [-0.1, -0.05) is 29.3 Å². The predicted molar refractivity (Wildman–Crippen MR) is 88.5 cm³/mol. The normalized spacial score (nSPS) is 10.1. The minimum absolute atomic E-state index is 0.172. The first-order valence-corrected chi connectivity index (χ1v) is 7.11. The third kappa shape index (κ3) is 4.21. The van der Waals surface area contributed by atoms with Gasteiger partial charge in [0, 0.05) is 15.6 Å². The van der Waals surface area contributed by atoms with Gasteiger partial charge < -0.3 is 16.4 Å². The highest BCUT2D eigenvalue weighted by Gasteiger charge is 2.11. The van der Waals surface area contributed by atoms with E-state index in [4.69, 9.17) is 28.9 Å². The van der Waals surface area contributed by atoms with Crippen LogP contribution in [0.5, 0.6) is 0 Å². The summed E-state index contributed by atoms with van der Waals surface area (Å²) in [5.41, 5.74) is 6.46. The number of nitrogens with one attached hydrogen (secondary N) is 2. The Balaban J connectivity index is 2.25. The van der Waals surface area contributed by atoms with Crippen LogP contribution in [-0.2, 0) is 4.79 Å². The van der Waals surface area contributed by atoms with Crippen LogP contribution in [0.3, 0.4) is 0 Å². The van der Waals surface area contributed by atoms with E-state index in [1.54, 1.807) is 36.4 Å². The van der Waals surface area contributed by atoms with Crippen molar-refractivity contribution < 1.29 is 9.59 Å². The molecule has 2 aromatic rings. The minimum atomic E-state index is -0.388. The van der Waals surface area contributed by atoms with Crippen LogP contribution in [0, 0.1) is 0 Å². The van der Waals surface area contributed by atoms with Crippen molar-refractivity contribution in [1.82, 2.24) is 0 Å². The van der Waals surface area contributed by atoms with Gasteiger partial charge in [0.1, 0.15) is 0 Å². The molecule has 22 heavy (non-hydrogen) atoms. The Morgan fingerprint density at radius 3 is 2.36 bits per heavy atom. The zero-order chi connectivity index (χ0) is 16.1. The van der Waals surface area contributed by atoms with Crippen molar-refractivity contribution in [3.05, 3.63) is 58.1 Å². The topological polar surface area (TPSA) is 84.2 Å². The van der Waals surface area contributed by atoms with Crippen molar-refractivity contribution in [2.24, 2.45) is 5.73 Å². The van der Waals surface area contributed by atoms with Gasteiger partial charge in [-0.2, -0.15) is 0 Å². The zero-order valence-corrected chi connectivity index (χ0v) is 12.9. The molecule has 0 unspecified atom stereocenters. The Hall–Kier alpha value is -2.08. The number of hydrogen-bond acceptors (Lipinski definition) is 3. The van der Waals surface area contributed by atoms with Gasteiger partial charge >= 0.3 is 0 Å². The van der Waals surface area contributed by atoms with Crippen LogP contribution < -0.4 is 16.4 Å². The molecule has 5 nitrogen and oxygen atoms in total. The fraction of sp³-hybridized carbons (Fsp3) is 0.0667. The number of benzene rings is 2. The maximum Gasteiger partial charge on any atom is 0.255 e. The van der Waals surface area contributed by atoms with Gasteiger partial charge in [0.2, 0.25) is 5.91 Å². The minimum Gasteiger partial charge on any atom is -0.323 e. The van der Waals surface area contributed by atoms with Crippen molar-refractivity contribution in [3.63, 3.8) is 0 Å². The molecule has 0 aliphatic carbocycles. The Kier molecular flexibility index (Phi) is 5.38. The van der Waals surface area contributed by atoms with Gasteiger partial charge in [0.05, 0.1) is 17.9 Å². The van der Waals surface area contributed by atoms with Crippen LogP contribution in [0.25, 0.3) is 0 Å². The van der Waals surface area contributed by atoms with Gasteiger partial charge in [0.15, 0.2) is 0 Å². The first-order chi connectivity index (χ1) is 10.5. The molecule has 4 N–H and O–H groups in total. The van der Waals surface area contributed by atoms with Crippen LogP contribution in [0.2, 0.25) is 10.0 Å². The number of hydrogen-bond donors (Lipinski definition) is 3. The van der Waals surface area contributed by atoms with E-state index in [0.29, 0.717) is 27.0 Å². The van der Waals surface area contributed by atoms with Crippen LogP contribution in [-0.4, -0.2) is 18.4 Å². The molecule has 0 saturated carbocycles. The molecule has 0 aromatic heterocycles. The van der Waals surface area contributed by atoms with Crippen LogP contribution in [0.15, 0.2) is 42.5 Å². The van der Waals surface area contributed by atoms with Gasteiger partial charge in [-0.15, -0.1) is 0 Å². The van der Waals surface area contributed by atoms with E-state index < -0.39 is 0 Å². The Morgan fingerprint density at radius 2 is 1.68 bits per heavy atom. The molecular formula is C15H13Cl2N3O2. The molecule has 0 aliphatic heterocycles. The third-order valence-electron chi connectivity index (χ3n) is 2.78. The molecule has 0 spiro atoms. The summed E-state index contributed by atoms with van der Waals surface area (Å²) in [4.78, 5) is 23.7. The molecule has 2 rings (SSSR count). The summed E-state index contributed by atoms with van der Waals surface area (Å²) in [5, 5.41) is 6.16. The first kappa shape index (κ1) is 16.3. The van der Waals surface area contributed by atoms with E-state index in [2.05, 4.69) is 10.6 Å². The predicted octanol–water partition coefficient (Wildman–Crippen LogP) is 3.14. The largest absolute Gasteiger partial charge is 0.323 e. The number of amides is 2. The highest BCUT2D eigenvalue weighted by molar-refractivity contribution is 6.31. The maximum absolute atomic E-state index is 12.2. The molecule has 0 aliphatic rings. The maximum atomic E-state index is 12.2. The van der Waals surface area contributed by atoms with E-state index >= 15 is 0 Å². The lowest BCUT2D eigenvalue weighted by atomic mass is 10.2. The van der Waals surface area contributed by atoms with Crippen molar-refractivity contribution in [2.75, 3.05) is 17.2 Å². The summed E-state index contributed by atoms with van der Waals surface area (Å²) in [5.74, 6) is -0.742. The van der Waals surface area contributed by atoms with Gasteiger partial charge in [-0.25, -0.2) is 0 Å². The van der Waals surface area contributed by atoms with Gasteiger partial charge in [0.25, 0.3) is 5.91 Å². The second-order valence-corrected chi connectivity index (χ2v) is 5.28. The SMILES string of the molecule is NCC(=O)Nc1cc(Cl)ccc1NC(=O)c1cccc(Cl)c1. The molecule has 0 radical (unpaired) electrons. The summed E-state index contributed by atoms with van der Waals surface area (Å²) < 4.78 is 0. The fourth-order valence-corrected chi connectivity index (χ4v) is 2.12. The fourth-order valence-electron chi connectivity index (χ4n) is 1.75. The Morgan fingerprint density at radius 1 is 0.955 bits per heavy atom. The number of rotatable bonds is 4. The molecule has 0 heterocycles. The molecule has 2 aromatic carbocycles. The Bertz CT molecular complexity index is 720. The summed E-state index contributed by atoms with van der Waals surface area (Å²) >= 11 is 11.8. The smallest absolute Gasteiger partial charge is 0.255 e. The number of halogens is 2. The molecule has 0 bridgehead atoms. The zero-order valence-electron chi connectivity index (χ0n) is 11.4. The summed E-state index contributed by atoms with van der Waals surface area (Å²) in [6, 6.07) is 11.3. The lowest BCUT2D eigenvalue weighted by molar-refractivity contribution is -0.114. The molecule has 7 heteroatoms. The number of carbonyl (C=O) groups excluding carboxylic acids is 2. The van der Waals surface area contributed by atoms with Crippen molar-refractivity contribution in [2.45, 2.75) is 0 Å². The monoisotopic (exact) mass is 337 g/mol. The molecular weight excluding hydrogens is 325 g/mol. The average molecular weight is 338 g/mol. The van der Waals surface area contributed by atoms with Crippen LogP contribution in [0.4, 0.5) is 11.4 Å². The second-order valence-electron chi connectivity index (χ2n) is 4.41. The quantitative estimate of drug-likeness (QED) is 0.801. The summed E-state index contributed by atoms with van der Waals surface area (Å²) in [7, 11) is 0. The average Bonchev–Trinajstić information content (AvgIpc) is 2.49. The number of carbonyl (C=O) groups is 2. The molecule has 2 amide bonds. The van der Waals surface area contributed by atoms with Crippen LogP contribution in [0.1, 0.15) is 10.4 Å². The van der Waals surface area contributed by atoms with Crippen LogP contribution >= 0.6 is 23.2 Å². The van der Waals surface area contributed by atoms with Crippen molar-refractivity contribution in [1.29, 1.82) is 0 Å². The summed E-state index contributed by atoms with van der Waals surface area (Å²) in [6.07, 6.45) is 0. The van der Waals surface area contributed by atoms with Gasteiger partial charge in [-0.3, -0.25) is 9.59 Å². The summed E-state index contributed by atoms with van der Waals surface area (Å²) in [6.45, 7) is -0.172. The highest BCUT2D eigenvalue weighted by atomic mass is 35.5. The van der Waals surface area contributed by atoms with E-state index in [1.807, 2.05) is 0 Å². The first-order valence-electron chi connectivity index (χ1n) is 6.36. The molecule has 0 saturated heterocycles. The van der Waals surface area contributed by atoms with E-state index in [0.717, 1.165) is 0 Å². The van der Waals surface area contributed by atoms with E-state index in [-0.39, 0.29) is 18.4 Å². The standard InChI is InChI=1S/C15H13Cl2N3O2/c16-10-3-1-2-9(6-10)15(22)20-12-5-4-11(17)7-13(12)19-14(21)8-18/h1-7H,8,18H2,(H,19,21)(H,20,22). The van der Waals surface area contributed by atoms with Crippen molar-refractivity contribution >= 4 is 46.4 Å². The Labute approximate surface area is 137 Å². The molecule has 0 atom stereocenters. The second kappa shape index (κ2) is 7.26. The lowest BCUT2D eigenvalue weighted by Crippen LogP contribution is -2.23. The number of nitrogens with two attached hydrogens (primary N) is 1. The van der Waals surface area contributed by atoms with Gasteiger partial charge in [-0.05, 0) is 36.4 Å². The molecule has 114 valence electrons. The third-order valence-corrected chi connectivity index (χ3v) is 3.25.